The van der Waals surface area contributed by atoms with E-state index in [4.69, 9.17) is 0 Å². The van der Waals surface area contributed by atoms with E-state index in [0.29, 0.717) is 17.6 Å². The zero-order valence-electron chi connectivity index (χ0n) is 8.38. The van der Waals surface area contributed by atoms with Crippen molar-refractivity contribution in [1.29, 1.82) is 0 Å². The number of benzene rings is 1. The van der Waals surface area contributed by atoms with E-state index in [1.54, 1.807) is 25.2 Å². The van der Waals surface area contributed by atoms with Crippen molar-refractivity contribution in [1.82, 2.24) is 10.6 Å². The highest BCUT2D eigenvalue weighted by Gasteiger charge is 2.01. The molecule has 0 heterocycles. The van der Waals surface area contributed by atoms with Crippen LogP contribution in [0.2, 0.25) is 0 Å². The van der Waals surface area contributed by atoms with Crippen molar-refractivity contribution < 1.29 is 9.90 Å². The molecule has 0 aliphatic rings. The molecule has 0 saturated heterocycles. The summed E-state index contributed by atoms with van der Waals surface area (Å²) < 4.78 is 0.628. The van der Waals surface area contributed by atoms with Crippen molar-refractivity contribution in [2.24, 2.45) is 0 Å². The standard InChI is InChI=1S/C10H13BrN2O2/c1-12-6-10(15)13-5-7-2-3-9(14)8(11)4-7/h2-4,12,14H,5-6H2,1H3,(H,13,15). The molecule has 0 aliphatic carbocycles. The minimum atomic E-state index is -0.0540. The second kappa shape index (κ2) is 5.72. The molecule has 15 heavy (non-hydrogen) atoms. The van der Waals surface area contributed by atoms with Gasteiger partial charge in [0.05, 0.1) is 11.0 Å². The van der Waals surface area contributed by atoms with Crippen LogP contribution in [-0.4, -0.2) is 24.6 Å². The van der Waals surface area contributed by atoms with Crippen molar-refractivity contribution in [3.8, 4) is 5.75 Å². The molecule has 0 unspecified atom stereocenters. The van der Waals surface area contributed by atoms with Gasteiger partial charge < -0.3 is 15.7 Å². The number of nitrogens with one attached hydrogen (secondary N) is 2. The Labute approximate surface area is 96.8 Å². The molecule has 1 amide bonds. The van der Waals surface area contributed by atoms with Crippen LogP contribution in [0.15, 0.2) is 22.7 Å². The van der Waals surface area contributed by atoms with Crippen molar-refractivity contribution in [3.63, 3.8) is 0 Å². The smallest absolute Gasteiger partial charge is 0.234 e. The minimum Gasteiger partial charge on any atom is -0.507 e. The minimum absolute atomic E-state index is 0.0540. The molecule has 1 aromatic rings. The highest BCUT2D eigenvalue weighted by molar-refractivity contribution is 9.10. The zero-order valence-corrected chi connectivity index (χ0v) is 9.97. The second-order valence-electron chi connectivity index (χ2n) is 3.09. The average molecular weight is 273 g/mol. The van der Waals surface area contributed by atoms with E-state index in [9.17, 15) is 9.90 Å². The van der Waals surface area contributed by atoms with Gasteiger partial charge in [-0.25, -0.2) is 0 Å². The first-order valence-corrected chi connectivity index (χ1v) is 5.31. The number of carbonyl (C=O) groups is 1. The molecule has 0 aliphatic heterocycles. The number of halogens is 1. The molecule has 0 atom stereocenters. The predicted molar refractivity (Wildman–Crippen MR) is 61.6 cm³/mol. The van der Waals surface area contributed by atoms with Gasteiger partial charge in [-0.05, 0) is 40.7 Å². The van der Waals surface area contributed by atoms with Gasteiger partial charge in [-0.2, -0.15) is 0 Å². The summed E-state index contributed by atoms with van der Waals surface area (Å²) in [5.74, 6) is 0.141. The van der Waals surface area contributed by atoms with E-state index in [2.05, 4.69) is 26.6 Å². The second-order valence-corrected chi connectivity index (χ2v) is 3.95. The van der Waals surface area contributed by atoms with Crippen LogP contribution < -0.4 is 10.6 Å². The molecule has 0 spiro atoms. The lowest BCUT2D eigenvalue weighted by atomic mass is 10.2. The Morgan fingerprint density at radius 1 is 1.53 bits per heavy atom. The van der Waals surface area contributed by atoms with E-state index in [-0.39, 0.29) is 11.7 Å². The van der Waals surface area contributed by atoms with Gasteiger partial charge in [0.25, 0.3) is 0 Å². The number of rotatable bonds is 4. The van der Waals surface area contributed by atoms with Gasteiger partial charge in [0.2, 0.25) is 5.91 Å². The Kier molecular flexibility index (Phi) is 4.58. The number of hydrogen-bond acceptors (Lipinski definition) is 3. The topological polar surface area (TPSA) is 61.4 Å². The lowest BCUT2D eigenvalue weighted by molar-refractivity contribution is -0.120. The quantitative estimate of drug-likeness (QED) is 0.766. The highest BCUT2D eigenvalue weighted by Crippen LogP contribution is 2.23. The maximum atomic E-state index is 11.1. The van der Waals surface area contributed by atoms with Crippen molar-refractivity contribution in [3.05, 3.63) is 28.2 Å². The largest absolute Gasteiger partial charge is 0.507 e. The number of phenols is 1. The van der Waals surface area contributed by atoms with Crippen LogP contribution in [0.5, 0.6) is 5.75 Å². The van der Waals surface area contributed by atoms with Crippen LogP contribution in [0.25, 0.3) is 0 Å². The van der Waals surface area contributed by atoms with Gasteiger partial charge in [0.15, 0.2) is 0 Å². The Balaban J connectivity index is 2.51. The fourth-order valence-corrected chi connectivity index (χ4v) is 1.51. The molecule has 4 nitrogen and oxygen atoms in total. The first-order chi connectivity index (χ1) is 7.13. The van der Waals surface area contributed by atoms with Crippen LogP contribution in [0, 0.1) is 0 Å². The lowest BCUT2D eigenvalue weighted by Gasteiger charge is -2.05. The third-order valence-corrected chi connectivity index (χ3v) is 2.47. The molecule has 82 valence electrons. The Morgan fingerprint density at radius 2 is 2.27 bits per heavy atom. The summed E-state index contributed by atoms with van der Waals surface area (Å²) in [5.41, 5.74) is 0.934. The molecule has 1 aromatic carbocycles. The van der Waals surface area contributed by atoms with Crippen LogP contribution >= 0.6 is 15.9 Å². The predicted octanol–water partition coefficient (Wildman–Crippen LogP) is 0.990. The summed E-state index contributed by atoms with van der Waals surface area (Å²) in [4.78, 5) is 11.1. The maximum Gasteiger partial charge on any atom is 0.234 e. The van der Waals surface area contributed by atoms with E-state index >= 15 is 0 Å². The van der Waals surface area contributed by atoms with Crippen molar-refractivity contribution in [2.45, 2.75) is 6.54 Å². The van der Waals surface area contributed by atoms with Gasteiger partial charge >= 0.3 is 0 Å². The number of likely N-dealkylation sites (N-methyl/N-ethyl adjacent to an activating group) is 1. The van der Waals surface area contributed by atoms with Gasteiger partial charge in [-0.15, -0.1) is 0 Å². The number of hydrogen-bond donors (Lipinski definition) is 3. The first kappa shape index (κ1) is 12.0. The SMILES string of the molecule is CNCC(=O)NCc1ccc(O)c(Br)c1. The third kappa shape index (κ3) is 3.89. The van der Waals surface area contributed by atoms with Crippen molar-refractivity contribution >= 4 is 21.8 Å². The van der Waals surface area contributed by atoms with Crippen LogP contribution in [-0.2, 0) is 11.3 Å². The van der Waals surface area contributed by atoms with Gasteiger partial charge in [0.1, 0.15) is 5.75 Å². The first-order valence-electron chi connectivity index (χ1n) is 4.52. The maximum absolute atomic E-state index is 11.1. The normalized spacial score (nSPS) is 10.0. The number of phenolic OH excluding ortho intramolecular Hbond substituents is 1. The van der Waals surface area contributed by atoms with E-state index in [1.807, 2.05) is 0 Å². The van der Waals surface area contributed by atoms with E-state index in [0.717, 1.165) is 5.56 Å². The molecule has 5 heteroatoms. The zero-order chi connectivity index (χ0) is 11.3. The summed E-state index contributed by atoms with van der Waals surface area (Å²) in [7, 11) is 1.72. The van der Waals surface area contributed by atoms with Gasteiger partial charge in [-0.1, -0.05) is 6.07 Å². The molecular formula is C10H13BrN2O2. The third-order valence-electron chi connectivity index (χ3n) is 1.84. The molecular weight excluding hydrogens is 260 g/mol. The molecule has 1 rings (SSSR count). The van der Waals surface area contributed by atoms with Gasteiger partial charge in [0, 0.05) is 6.54 Å². The fourth-order valence-electron chi connectivity index (χ4n) is 1.08. The van der Waals surface area contributed by atoms with Crippen LogP contribution in [0.1, 0.15) is 5.56 Å². The number of carbonyl (C=O) groups excluding carboxylic acids is 1. The molecule has 0 fully saturated rings. The molecule has 3 N–H and O–H groups in total. The molecule has 0 aromatic heterocycles. The van der Waals surface area contributed by atoms with Crippen LogP contribution in [0.3, 0.4) is 0 Å². The van der Waals surface area contributed by atoms with Gasteiger partial charge in [-0.3, -0.25) is 4.79 Å². The van der Waals surface area contributed by atoms with E-state index in [1.165, 1.54) is 0 Å². The highest BCUT2D eigenvalue weighted by atomic mass is 79.9. The summed E-state index contributed by atoms with van der Waals surface area (Å²) in [6.45, 7) is 0.763. The molecule has 0 saturated carbocycles. The lowest BCUT2D eigenvalue weighted by Crippen LogP contribution is -2.31. The Hall–Kier alpha value is -1.07. The Morgan fingerprint density at radius 3 is 2.87 bits per heavy atom. The average Bonchev–Trinajstić information content (AvgIpc) is 2.20. The summed E-state index contributed by atoms with van der Waals surface area (Å²) in [6.07, 6.45) is 0. The van der Waals surface area contributed by atoms with Crippen LogP contribution in [0.4, 0.5) is 0 Å². The molecule has 0 bridgehead atoms. The van der Waals surface area contributed by atoms with E-state index < -0.39 is 0 Å². The summed E-state index contributed by atoms with van der Waals surface area (Å²) in [6, 6.07) is 5.12. The number of amides is 1. The monoisotopic (exact) mass is 272 g/mol. The molecule has 0 radical (unpaired) electrons. The fraction of sp³-hybridized carbons (Fsp3) is 0.300. The Bertz CT molecular complexity index is 355. The van der Waals surface area contributed by atoms with Crippen molar-refractivity contribution in [2.75, 3.05) is 13.6 Å². The summed E-state index contributed by atoms with van der Waals surface area (Å²) in [5, 5.41) is 14.8. The number of aromatic hydroxyl groups is 1. The summed E-state index contributed by atoms with van der Waals surface area (Å²) >= 11 is 3.21.